The lowest BCUT2D eigenvalue weighted by Crippen LogP contribution is -2.24. The fourth-order valence-electron chi connectivity index (χ4n) is 1.44. The number of nitrogens with zero attached hydrogens (tertiary/aromatic N) is 1. The predicted molar refractivity (Wildman–Crippen MR) is 44.3 cm³/mol. The molecule has 1 saturated carbocycles. The quantitative estimate of drug-likeness (QED) is 0.756. The number of alkyl halides is 3. The Labute approximate surface area is 78.9 Å². The van der Waals surface area contributed by atoms with Gasteiger partial charge in [-0.25, -0.2) is 0 Å². The summed E-state index contributed by atoms with van der Waals surface area (Å²) < 4.78 is 37.6. The Bertz CT molecular complexity index is 331. The first-order valence-corrected chi connectivity index (χ1v) is 4.24. The summed E-state index contributed by atoms with van der Waals surface area (Å²) in [5.74, 6) is 0. The van der Waals surface area contributed by atoms with E-state index in [-0.39, 0.29) is 5.56 Å². The molecule has 76 valence electrons. The molecule has 5 heteroatoms. The van der Waals surface area contributed by atoms with E-state index in [1.165, 1.54) is 6.20 Å². The van der Waals surface area contributed by atoms with E-state index in [9.17, 15) is 13.2 Å². The Morgan fingerprint density at radius 1 is 1.36 bits per heavy atom. The second kappa shape index (κ2) is 2.70. The van der Waals surface area contributed by atoms with Crippen molar-refractivity contribution in [2.75, 3.05) is 0 Å². The van der Waals surface area contributed by atoms with E-state index < -0.39 is 17.3 Å². The van der Waals surface area contributed by atoms with Crippen LogP contribution in [0.1, 0.15) is 24.0 Å². The van der Waals surface area contributed by atoms with E-state index >= 15 is 0 Å². The van der Waals surface area contributed by atoms with Crippen LogP contribution in [0.4, 0.5) is 13.2 Å². The van der Waals surface area contributed by atoms with Gasteiger partial charge in [0.25, 0.3) is 0 Å². The van der Waals surface area contributed by atoms with Crippen LogP contribution in [-0.2, 0) is 11.7 Å². The van der Waals surface area contributed by atoms with Crippen molar-refractivity contribution in [1.29, 1.82) is 0 Å². The van der Waals surface area contributed by atoms with Gasteiger partial charge in [0.05, 0.1) is 5.56 Å². The summed E-state index contributed by atoms with van der Waals surface area (Å²) in [4.78, 5) is 3.69. The van der Waals surface area contributed by atoms with Gasteiger partial charge in [-0.05, 0) is 18.9 Å². The highest BCUT2D eigenvalue weighted by Gasteiger charge is 2.46. The highest BCUT2D eigenvalue weighted by atomic mass is 19.4. The van der Waals surface area contributed by atoms with E-state index in [0.29, 0.717) is 12.8 Å². The fraction of sp³-hybridized carbons (Fsp3) is 0.444. The minimum Gasteiger partial charge on any atom is -0.321 e. The molecule has 2 nitrogen and oxygen atoms in total. The molecule has 0 amide bonds. The maximum atomic E-state index is 12.5. The number of hydrogen-bond donors (Lipinski definition) is 1. The lowest BCUT2D eigenvalue weighted by atomic mass is 10.0. The van der Waals surface area contributed by atoms with E-state index in [2.05, 4.69) is 4.98 Å². The van der Waals surface area contributed by atoms with E-state index in [4.69, 9.17) is 5.73 Å². The molecule has 1 aromatic heterocycles. The Morgan fingerprint density at radius 3 is 2.50 bits per heavy atom. The highest BCUT2D eigenvalue weighted by Crippen LogP contribution is 2.47. The molecule has 0 aromatic carbocycles. The van der Waals surface area contributed by atoms with E-state index in [1.807, 2.05) is 0 Å². The second-order valence-corrected chi connectivity index (χ2v) is 3.58. The Kier molecular flexibility index (Phi) is 1.82. The van der Waals surface area contributed by atoms with Crippen LogP contribution in [0.2, 0.25) is 0 Å². The van der Waals surface area contributed by atoms with Crippen LogP contribution < -0.4 is 5.73 Å². The average molecular weight is 202 g/mol. The maximum Gasteiger partial charge on any atom is 0.416 e. The molecule has 2 rings (SSSR count). The zero-order chi connectivity index (χ0) is 10.4. The molecular weight excluding hydrogens is 193 g/mol. The summed E-state index contributed by atoms with van der Waals surface area (Å²) in [6.45, 7) is 0. The SMILES string of the molecule is NC1(c2cnccc2C(F)(F)F)CC1. The van der Waals surface area contributed by atoms with Crippen LogP contribution >= 0.6 is 0 Å². The topological polar surface area (TPSA) is 38.9 Å². The van der Waals surface area contributed by atoms with Crippen molar-refractivity contribution in [1.82, 2.24) is 4.98 Å². The third kappa shape index (κ3) is 1.48. The van der Waals surface area contributed by atoms with Gasteiger partial charge in [0.1, 0.15) is 0 Å². The van der Waals surface area contributed by atoms with Crippen molar-refractivity contribution in [3.63, 3.8) is 0 Å². The number of halogens is 3. The van der Waals surface area contributed by atoms with Crippen molar-refractivity contribution in [3.8, 4) is 0 Å². The molecule has 1 aliphatic carbocycles. The first-order chi connectivity index (χ1) is 6.43. The monoisotopic (exact) mass is 202 g/mol. The van der Waals surface area contributed by atoms with Crippen LogP contribution in [-0.4, -0.2) is 4.98 Å². The lowest BCUT2D eigenvalue weighted by Gasteiger charge is -2.16. The van der Waals surface area contributed by atoms with Crippen molar-refractivity contribution < 1.29 is 13.2 Å². The van der Waals surface area contributed by atoms with Gasteiger partial charge < -0.3 is 5.73 Å². The molecule has 0 radical (unpaired) electrons. The minimum atomic E-state index is -4.34. The molecule has 0 bridgehead atoms. The summed E-state index contributed by atoms with van der Waals surface area (Å²) >= 11 is 0. The summed E-state index contributed by atoms with van der Waals surface area (Å²) in [6, 6.07) is 0.974. The summed E-state index contributed by atoms with van der Waals surface area (Å²) in [6.07, 6.45) is -0.787. The van der Waals surface area contributed by atoms with Gasteiger partial charge in [0.2, 0.25) is 0 Å². The molecule has 2 N–H and O–H groups in total. The standard InChI is InChI=1S/C9H9F3N2/c10-9(11,12)6-1-4-14-5-7(6)8(13)2-3-8/h1,4-5H,2-3,13H2. The highest BCUT2D eigenvalue weighted by molar-refractivity contribution is 5.36. The molecule has 1 heterocycles. The molecule has 14 heavy (non-hydrogen) atoms. The molecular formula is C9H9F3N2. The third-order valence-corrected chi connectivity index (χ3v) is 2.45. The Morgan fingerprint density at radius 2 is 2.00 bits per heavy atom. The van der Waals surface area contributed by atoms with Gasteiger partial charge in [0.15, 0.2) is 0 Å². The average Bonchev–Trinajstić information content (AvgIpc) is 2.84. The maximum absolute atomic E-state index is 12.5. The number of pyridine rings is 1. The normalized spacial score (nSPS) is 19.4. The predicted octanol–water partition coefficient (Wildman–Crippen LogP) is 2.05. The van der Waals surface area contributed by atoms with Gasteiger partial charge in [0, 0.05) is 23.5 Å². The van der Waals surface area contributed by atoms with Crippen molar-refractivity contribution >= 4 is 0 Å². The van der Waals surface area contributed by atoms with E-state index in [0.717, 1.165) is 12.3 Å². The molecule has 0 aliphatic heterocycles. The minimum absolute atomic E-state index is 0.118. The first-order valence-electron chi connectivity index (χ1n) is 4.24. The Hall–Kier alpha value is -1.10. The molecule has 1 fully saturated rings. The molecule has 0 saturated heterocycles. The van der Waals surface area contributed by atoms with Crippen molar-refractivity contribution in [2.24, 2.45) is 5.73 Å². The lowest BCUT2D eigenvalue weighted by molar-refractivity contribution is -0.138. The van der Waals surface area contributed by atoms with Crippen molar-refractivity contribution in [3.05, 3.63) is 29.6 Å². The zero-order valence-electron chi connectivity index (χ0n) is 7.30. The Balaban J connectivity index is 2.50. The smallest absolute Gasteiger partial charge is 0.321 e. The largest absolute Gasteiger partial charge is 0.416 e. The van der Waals surface area contributed by atoms with Crippen LogP contribution in [0.25, 0.3) is 0 Å². The summed E-state index contributed by atoms with van der Waals surface area (Å²) in [5, 5.41) is 0. The van der Waals surface area contributed by atoms with Gasteiger partial charge >= 0.3 is 6.18 Å². The number of rotatable bonds is 1. The summed E-state index contributed by atoms with van der Waals surface area (Å²) in [5.41, 5.74) is 4.39. The van der Waals surface area contributed by atoms with Crippen LogP contribution in [0.15, 0.2) is 18.5 Å². The van der Waals surface area contributed by atoms with Crippen LogP contribution in [0.5, 0.6) is 0 Å². The van der Waals surface area contributed by atoms with Gasteiger partial charge in [-0.2, -0.15) is 13.2 Å². The van der Waals surface area contributed by atoms with Gasteiger partial charge in [-0.15, -0.1) is 0 Å². The number of aromatic nitrogens is 1. The van der Waals surface area contributed by atoms with Gasteiger partial charge in [-0.1, -0.05) is 0 Å². The number of nitrogens with two attached hydrogens (primary N) is 1. The van der Waals surface area contributed by atoms with E-state index in [1.54, 1.807) is 0 Å². The number of hydrogen-bond acceptors (Lipinski definition) is 2. The fourth-order valence-corrected chi connectivity index (χ4v) is 1.44. The van der Waals surface area contributed by atoms with Crippen LogP contribution in [0.3, 0.4) is 0 Å². The summed E-state index contributed by atoms with van der Waals surface area (Å²) in [7, 11) is 0. The zero-order valence-corrected chi connectivity index (χ0v) is 7.30. The van der Waals surface area contributed by atoms with Crippen molar-refractivity contribution in [2.45, 2.75) is 24.6 Å². The molecule has 0 atom stereocenters. The molecule has 0 unspecified atom stereocenters. The first kappa shape index (κ1) is 9.45. The molecule has 1 aromatic rings. The van der Waals surface area contributed by atoms with Gasteiger partial charge in [-0.3, -0.25) is 4.98 Å². The van der Waals surface area contributed by atoms with Crippen LogP contribution in [0, 0.1) is 0 Å². The molecule has 1 aliphatic rings. The second-order valence-electron chi connectivity index (χ2n) is 3.58. The molecule has 0 spiro atoms. The third-order valence-electron chi connectivity index (χ3n) is 2.45.